The predicted molar refractivity (Wildman–Crippen MR) is 111 cm³/mol. The summed E-state index contributed by atoms with van der Waals surface area (Å²) in [6, 6.07) is 17.4. The Morgan fingerprint density at radius 2 is 1.48 bits per heavy atom. The monoisotopic (exact) mass is 396 g/mol. The maximum atomic E-state index is 12.6. The van der Waals surface area contributed by atoms with Gasteiger partial charge in [-0.05, 0) is 30.5 Å². The summed E-state index contributed by atoms with van der Waals surface area (Å²) in [5, 5.41) is 2.71. The maximum Gasteiger partial charge on any atom is 0.329 e. The van der Waals surface area contributed by atoms with Crippen molar-refractivity contribution >= 4 is 17.8 Å². The highest BCUT2D eigenvalue weighted by atomic mass is 16.5. The molecule has 2 amide bonds. The van der Waals surface area contributed by atoms with Crippen molar-refractivity contribution in [3.63, 3.8) is 0 Å². The van der Waals surface area contributed by atoms with Gasteiger partial charge in [-0.15, -0.1) is 0 Å². The van der Waals surface area contributed by atoms with Crippen molar-refractivity contribution in [2.45, 2.75) is 39.5 Å². The molecule has 6 heteroatoms. The fraction of sp³-hybridized carbons (Fsp3) is 0.348. The van der Waals surface area contributed by atoms with Crippen LogP contribution in [-0.4, -0.2) is 41.9 Å². The topological polar surface area (TPSA) is 75.7 Å². The van der Waals surface area contributed by atoms with Crippen LogP contribution in [0.2, 0.25) is 0 Å². The summed E-state index contributed by atoms with van der Waals surface area (Å²) in [5.41, 5.74) is 1.44. The number of hydrogen-bond acceptors (Lipinski definition) is 4. The van der Waals surface area contributed by atoms with Crippen LogP contribution in [0, 0.1) is 5.92 Å². The Balaban J connectivity index is 1.97. The molecule has 2 aromatic carbocycles. The molecule has 154 valence electrons. The highest BCUT2D eigenvalue weighted by Crippen LogP contribution is 2.10. The lowest BCUT2D eigenvalue weighted by Crippen LogP contribution is -2.47. The fourth-order valence-electron chi connectivity index (χ4n) is 2.86. The van der Waals surface area contributed by atoms with Crippen molar-refractivity contribution < 1.29 is 19.1 Å². The van der Waals surface area contributed by atoms with Gasteiger partial charge in [-0.25, -0.2) is 4.79 Å². The fourth-order valence-corrected chi connectivity index (χ4v) is 2.86. The third kappa shape index (κ3) is 6.45. The van der Waals surface area contributed by atoms with E-state index in [0.717, 1.165) is 5.56 Å². The normalized spacial score (nSPS) is 12.7. The van der Waals surface area contributed by atoms with E-state index in [9.17, 15) is 14.4 Å². The van der Waals surface area contributed by atoms with Crippen molar-refractivity contribution in [1.82, 2.24) is 10.2 Å². The van der Waals surface area contributed by atoms with Crippen LogP contribution in [0.1, 0.15) is 36.7 Å². The summed E-state index contributed by atoms with van der Waals surface area (Å²) < 4.78 is 5.39. The van der Waals surface area contributed by atoms with E-state index >= 15 is 0 Å². The molecule has 2 atom stereocenters. The minimum absolute atomic E-state index is 0.195. The molecule has 2 aromatic rings. The molecule has 2 rings (SSSR count). The Morgan fingerprint density at radius 1 is 0.931 bits per heavy atom. The first-order chi connectivity index (χ1) is 13.8. The second kappa shape index (κ2) is 10.4. The largest absolute Gasteiger partial charge is 0.451 e. The molecule has 0 aliphatic rings. The standard InChI is InChI=1S/C23H28N2O4/c1-16(2)20(24-21(26)19-13-9-6-10-14-19)23(28)29-17(3)22(27)25(4)15-18-11-7-5-8-12-18/h5-14,16-17,20H,15H2,1-4H3,(H,24,26). The van der Waals surface area contributed by atoms with Gasteiger partial charge in [0.05, 0.1) is 0 Å². The summed E-state index contributed by atoms with van der Waals surface area (Å²) in [5.74, 6) is -1.49. The van der Waals surface area contributed by atoms with Gasteiger partial charge in [0.1, 0.15) is 6.04 Å². The number of nitrogens with zero attached hydrogens (tertiary/aromatic N) is 1. The van der Waals surface area contributed by atoms with E-state index in [0.29, 0.717) is 12.1 Å². The minimum atomic E-state index is -0.953. The number of amides is 2. The Bertz CT molecular complexity index is 821. The van der Waals surface area contributed by atoms with Gasteiger partial charge in [-0.1, -0.05) is 62.4 Å². The third-order valence-electron chi connectivity index (χ3n) is 4.52. The molecule has 29 heavy (non-hydrogen) atoms. The molecule has 0 bridgehead atoms. The Morgan fingerprint density at radius 3 is 2.03 bits per heavy atom. The van der Waals surface area contributed by atoms with Crippen molar-refractivity contribution in [2.75, 3.05) is 7.05 Å². The van der Waals surface area contributed by atoms with Crippen LogP contribution in [0.15, 0.2) is 60.7 Å². The van der Waals surface area contributed by atoms with Crippen molar-refractivity contribution in [2.24, 2.45) is 5.92 Å². The van der Waals surface area contributed by atoms with Crippen LogP contribution in [0.5, 0.6) is 0 Å². The summed E-state index contributed by atoms with van der Waals surface area (Å²) in [7, 11) is 1.66. The first-order valence-corrected chi connectivity index (χ1v) is 9.65. The second-order valence-corrected chi connectivity index (χ2v) is 7.32. The highest BCUT2D eigenvalue weighted by molar-refractivity contribution is 5.97. The van der Waals surface area contributed by atoms with Gasteiger partial charge in [0.2, 0.25) is 0 Å². The zero-order valence-electron chi connectivity index (χ0n) is 17.3. The molecule has 0 fully saturated rings. The number of hydrogen-bond donors (Lipinski definition) is 1. The average Bonchev–Trinajstić information content (AvgIpc) is 2.72. The molecule has 0 radical (unpaired) electrons. The maximum absolute atomic E-state index is 12.6. The lowest BCUT2D eigenvalue weighted by atomic mass is 10.0. The van der Waals surface area contributed by atoms with Gasteiger partial charge < -0.3 is 15.0 Å². The third-order valence-corrected chi connectivity index (χ3v) is 4.52. The number of rotatable bonds is 8. The second-order valence-electron chi connectivity index (χ2n) is 7.32. The Hall–Kier alpha value is -3.15. The number of nitrogens with one attached hydrogen (secondary N) is 1. The Labute approximate surface area is 171 Å². The summed E-state index contributed by atoms with van der Waals surface area (Å²) >= 11 is 0. The van der Waals surface area contributed by atoms with Gasteiger partial charge in [-0.3, -0.25) is 9.59 Å². The SMILES string of the molecule is CC(OC(=O)C(NC(=O)c1ccccc1)C(C)C)C(=O)N(C)Cc1ccccc1. The van der Waals surface area contributed by atoms with Crippen LogP contribution in [0.4, 0.5) is 0 Å². The molecule has 0 aromatic heterocycles. The highest BCUT2D eigenvalue weighted by Gasteiger charge is 2.30. The van der Waals surface area contributed by atoms with E-state index in [2.05, 4.69) is 5.32 Å². The van der Waals surface area contributed by atoms with Gasteiger partial charge in [0.25, 0.3) is 11.8 Å². The first-order valence-electron chi connectivity index (χ1n) is 9.65. The quantitative estimate of drug-likeness (QED) is 0.696. The molecule has 0 saturated carbocycles. The number of carbonyl (C=O) groups is 3. The van der Waals surface area contributed by atoms with Crippen LogP contribution in [0.3, 0.4) is 0 Å². The molecule has 0 spiro atoms. The first kappa shape index (κ1) is 22.1. The molecule has 0 aliphatic heterocycles. The van der Waals surface area contributed by atoms with Crippen molar-refractivity contribution in [3.05, 3.63) is 71.8 Å². The molecule has 0 aliphatic carbocycles. The van der Waals surface area contributed by atoms with E-state index in [1.54, 1.807) is 31.3 Å². The minimum Gasteiger partial charge on any atom is -0.451 e. The van der Waals surface area contributed by atoms with Crippen molar-refractivity contribution in [1.29, 1.82) is 0 Å². The molecule has 6 nitrogen and oxygen atoms in total. The molecule has 0 heterocycles. The lowest BCUT2D eigenvalue weighted by Gasteiger charge is -2.25. The van der Waals surface area contributed by atoms with Crippen LogP contribution >= 0.6 is 0 Å². The summed E-state index contributed by atoms with van der Waals surface area (Å²) in [6.45, 7) is 5.58. The smallest absolute Gasteiger partial charge is 0.329 e. The van der Waals surface area contributed by atoms with E-state index in [1.807, 2.05) is 50.2 Å². The lowest BCUT2D eigenvalue weighted by molar-refractivity contribution is -0.161. The predicted octanol–water partition coefficient (Wildman–Crippen LogP) is 3.03. The van der Waals surface area contributed by atoms with Crippen molar-refractivity contribution in [3.8, 4) is 0 Å². The van der Waals surface area contributed by atoms with Gasteiger partial charge in [0.15, 0.2) is 6.10 Å². The van der Waals surface area contributed by atoms with Gasteiger partial charge in [-0.2, -0.15) is 0 Å². The summed E-state index contributed by atoms with van der Waals surface area (Å²) in [4.78, 5) is 39.1. The zero-order valence-corrected chi connectivity index (χ0v) is 17.3. The molecule has 0 saturated heterocycles. The molecular formula is C23H28N2O4. The molecular weight excluding hydrogens is 368 g/mol. The van der Waals surface area contributed by atoms with Crippen LogP contribution in [0.25, 0.3) is 0 Å². The molecule has 2 unspecified atom stereocenters. The van der Waals surface area contributed by atoms with E-state index < -0.39 is 18.1 Å². The Kier molecular flexibility index (Phi) is 7.95. The van der Waals surface area contributed by atoms with Crippen LogP contribution in [-0.2, 0) is 20.9 Å². The number of esters is 1. The van der Waals surface area contributed by atoms with Gasteiger partial charge in [0, 0.05) is 19.2 Å². The number of ether oxygens (including phenoxy) is 1. The summed E-state index contributed by atoms with van der Waals surface area (Å²) in [6.07, 6.45) is -0.953. The van der Waals surface area contributed by atoms with E-state index in [1.165, 1.54) is 11.8 Å². The molecule has 1 N–H and O–H groups in total. The number of benzene rings is 2. The van der Waals surface area contributed by atoms with Gasteiger partial charge >= 0.3 is 5.97 Å². The number of carbonyl (C=O) groups excluding carboxylic acids is 3. The van der Waals surface area contributed by atoms with E-state index in [-0.39, 0.29) is 17.7 Å². The number of likely N-dealkylation sites (N-methyl/N-ethyl adjacent to an activating group) is 1. The van der Waals surface area contributed by atoms with Crippen LogP contribution < -0.4 is 5.32 Å². The average molecular weight is 396 g/mol. The zero-order chi connectivity index (χ0) is 21.4. The van der Waals surface area contributed by atoms with E-state index in [4.69, 9.17) is 4.74 Å².